The van der Waals surface area contributed by atoms with Crippen LogP contribution in [0.15, 0.2) is 27.8 Å². The van der Waals surface area contributed by atoms with Gasteiger partial charge in [-0.3, -0.25) is 10.1 Å². The van der Waals surface area contributed by atoms with Gasteiger partial charge in [-0.2, -0.15) is 0 Å². The lowest BCUT2D eigenvalue weighted by atomic mass is 10.3. The van der Waals surface area contributed by atoms with Crippen LogP contribution < -0.4 is 4.74 Å². The van der Waals surface area contributed by atoms with E-state index in [1.54, 1.807) is 6.07 Å². The van der Waals surface area contributed by atoms with Crippen molar-refractivity contribution in [2.45, 2.75) is 0 Å². The average molecular weight is 287 g/mol. The number of halogens is 1. The van der Waals surface area contributed by atoms with Gasteiger partial charge in [-0.1, -0.05) is 21.0 Å². The van der Waals surface area contributed by atoms with Crippen LogP contribution in [-0.2, 0) is 0 Å². The first-order valence-electron chi connectivity index (χ1n) is 4.22. The number of nitrogens with zero attached hydrogens (tertiary/aromatic N) is 4. The molecule has 0 N–H and O–H groups in total. The molecule has 1 aromatic rings. The van der Waals surface area contributed by atoms with E-state index in [2.05, 4.69) is 26.0 Å². The summed E-state index contributed by atoms with van der Waals surface area (Å²) in [5, 5.41) is 13.9. The lowest BCUT2D eigenvalue weighted by Crippen LogP contribution is -2.02. The molecule has 0 unspecified atom stereocenters. The van der Waals surface area contributed by atoms with Crippen molar-refractivity contribution in [3.05, 3.63) is 43.2 Å². The Balaban J connectivity index is 2.78. The van der Waals surface area contributed by atoms with Crippen LogP contribution in [-0.4, -0.2) is 18.1 Å². The van der Waals surface area contributed by atoms with Gasteiger partial charge in [0.15, 0.2) is 5.75 Å². The monoisotopic (exact) mass is 286 g/mol. The van der Waals surface area contributed by atoms with Gasteiger partial charge in [-0.15, -0.1) is 0 Å². The molecule has 0 aliphatic carbocycles. The van der Waals surface area contributed by atoms with Crippen molar-refractivity contribution >= 4 is 21.6 Å². The number of hydrogen-bond acceptors (Lipinski definition) is 4. The van der Waals surface area contributed by atoms with E-state index in [-0.39, 0.29) is 24.6 Å². The van der Waals surface area contributed by atoms with E-state index >= 15 is 0 Å². The number of hydrogen-bond donors (Lipinski definition) is 0. The third-order valence-electron chi connectivity index (χ3n) is 1.63. The van der Waals surface area contributed by atoms with Crippen LogP contribution in [0.1, 0.15) is 0 Å². The molecule has 0 heterocycles. The summed E-state index contributed by atoms with van der Waals surface area (Å²) in [6, 6.07) is 4.47. The molecule has 0 bridgehead atoms. The fourth-order valence-corrected chi connectivity index (χ4v) is 1.35. The molecule has 16 heavy (non-hydrogen) atoms. The molecule has 0 radical (unpaired) electrons. The SMILES string of the molecule is [N-]=[N+]=NCCOc1ccc(Br)cc1[N+](=O)[O-]. The number of ether oxygens (including phenoxy) is 1. The Morgan fingerprint density at radius 1 is 1.62 bits per heavy atom. The predicted octanol–water partition coefficient (Wildman–Crippen LogP) is 3.05. The van der Waals surface area contributed by atoms with Gasteiger partial charge < -0.3 is 4.74 Å². The molecule has 0 aliphatic rings. The van der Waals surface area contributed by atoms with Crippen molar-refractivity contribution in [3.8, 4) is 5.75 Å². The Morgan fingerprint density at radius 2 is 2.38 bits per heavy atom. The van der Waals surface area contributed by atoms with Crippen LogP contribution in [0.25, 0.3) is 10.4 Å². The van der Waals surface area contributed by atoms with Crippen LogP contribution in [0.4, 0.5) is 5.69 Å². The van der Waals surface area contributed by atoms with E-state index in [9.17, 15) is 10.1 Å². The second kappa shape index (κ2) is 5.94. The Hall–Kier alpha value is -1.79. The van der Waals surface area contributed by atoms with E-state index in [4.69, 9.17) is 10.3 Å². The fraction of sp³-hybridized carbons (Fsp3) is 0.250. The van der Waals surface area contributed by atoms with Gasteiger partial charge in [0.25, 0.3) is 0 Å². The summed E-state index contributed by atoms with van der Waals surface area (Å²) >= 11 is 3.13. The van der Waals surface area contributed by atoms with Crippen molar-refractivity contribution < 1.29 is 9.66 Å². The highest BCUT2D eigenvalue weighted by Crippen LogP contribution is 2.29. The molecule has 0 atom stereocenters. The fourth-order valence-electron chi connectivity index (χ4n) is 0.996. The van der Waals surface area contributed by atoms with Gasteiger partial charge >= 0.3 is 5.69 Å². The standard InChI is InChI=1S/C8H7BrN4O3/c9-6-1-2-8(7(5-6)13(14)15)16-4-3-11-12-10/h1-2,5H,3-4H2. The molecular formula is C8H7BrN4O3. The number of azide groups is 1. The van der Waals surface area contributed by atoms with Crippen molar-refractivity contribution in [1.29, 1.82) is 0 Å². The summed E-state index contributed by atoms with van der Waals surface area (Å²) < 4.78 is 5.73. The van der Waals surface area contributed by atoms with Crippen LogP contribution in [0.2, 0.25) is 0 Å². The molecule has 1 rings (SSSR count). The minimum absolute atomic E-state index is 0.104. The summed E-state index contributed by atoms with van der Waals surface area (Å²) in [6.45, 7) is 0.232. The second-order valence-electron chi connectivity index (χ2n) is 2.67. The number of rotatable bonds is 5. The number of benzene rings is 1. The summed E-state index contributed by atoms with van der Waals surface area (Å²) in [5.41, 5.74) is 7.90. The summed E-state index contributed by atoms with van der Waals surface area (Å²) in [7, 11) is 0. The number of nitro benzene ring substituents is 1. The van der Waals surface area contributed by atoms with Crippen LogP contribution in [0.3, 0.4) is 0 Å². The zero-order valence-corrected chi connectivity index (χ0v) is 9.62. The third kappa shape index (κ3) is 3.41. The van der Waals surface area contributed by atoms with E-state index in [0.29, 0.717) is 4.47 Å². The first kappa shape index (κ1) is 12.3. The molecule has 0 amide bonds. The Kier molecular flexibility index (Phi) is 4.56. The van der Waals surface area contributed by atoms with Gasteiger partial charge in [0.1, 0.15) is 0 Å². The molecule has 0 spiro atoms. The van der Waals surface area contributed by atoms with E-state index in [0.717, 1.165) is 0 Å². The molecule has 0 saturated heterocycles. The van der Waals surface area contributed by atoms with Gasteiger partial charge in [-0.05, 0) is 17.7 Å². The van der Waals surface area contributed by atoms with E-state index in [1.165, 1.54) is 12.1 Å². The number of nitro groups is 1. The topological polar surface area (TPSA) is 101 Å². The van der Waals surface area contributed by atoms with Crippen molar-refractivity contribution in [3.63, 3.8) is 0 Å². The molecule has 0 fully saturated rings. The highest BCUT2D eigenvalue weighted by molar-refractivity contribution is 9.10. The van der Waals surface area contributed by atoms with E-state index < -0.39 is 4.92 Å². The Labute approximate surface area is 98.9 Å². The lowest BCUT2D eigenvalue weighted by molar-refractivity contribution is -0.385. The highest BCUT2D eigenvalue weighted by Gasteiger charge is 2.14. The maximum absolute atomic E-state index is 10.7. The molecular weight excluding hydrogens is 280 g/mol. The van der Waals surface area contributed by atoms with Crippen LogP contribution in [0.5, 0.6) is 5.75 Å². The first-order chi connectivity index (χ1) is 7.65. The largest absolute Gasteiger partial charge is 0.487 e. The highest BCUT2D eigenvalue weighted by atomic mass is 79.9. The zero-order valence-electron chi connectivity index (χ0n) is 8.04. The van der Waals surface area contributed by atoms with Crippen LogP contribution in [0, 0.1) is 10.1 Å². The smallest absolute Gasteiger partial charge is 0.312 e. The van der Waals surface area contributed by atoms with Crippen molar-refractivity contribution in [2.75, 3.05) is 13.2 Å². The second-order valence-corrected chi connectivity index (χ2v) is 3.59. The van der Waals surface area contributed by atoms with Gasteiger partial charge in [-0.25, -0.2) is 0 Å². The van der Waals surface area contributed by atoms with Crippen molar-refractivity contribution in [1.82, 2.24) is 0 Å². The lowest BCUT2D eigenvalue weighted by Gasteiger charge is -2.04. The first-order valence-corrected chi connectivity index (χ1v) is 5.02. The summed E-state index contributed by atoms with van der Waals surface area (Å²) in [4.78, 5) is 12.7. The normalized spacial score (nSPS) is 9.31. The Morgan fingerprint density at radius 3 is 3.00 bits per heavy atom. The minimum Gasteiger partial charge on any atom is -0.487 e. The maximum Gasteiger partial charge on any atom is 0.312 e. The van der Waals surface area contributed by atoms with Gasteiger partial charge in [0, 0.05) is 15.5 Å². The maximum atomic E-state index is 10.7. The molecule has 0 aliphatic heterocycles. The molecule has 0 saturated carbocycles. The van der Waals surface area contributed by atoms with Crippen molar-refractivity contribution in [2.24, 2.45) is 5.11 Å². The molecule has 0 aromatic heterocycles. The minimum atomic E-state index is -0.534. The predicted molar refractivity (Wildman–Crippen MR) is 60.3 cm³/mol. The van der Waals surface area contributed by atoms with Gasteiger partial charge in [0.05, 0.1) is 18.1 Å². The molecule has 7 nitrogen and oxygen atoms in total. The third-order valence-corrected chi connectivity index (χ3v) is 2.12. The molecule has 1 aromatic carbocycles. The van der Waals surface area contributed by atoms with Crippen LogP contribution >= 0.6 is 15.9 Å². The Bertz CT molecular complexity index is 445. The molecule has 84 valence electrons. The van der Waals surface area contributed by atoms with Gasteiger partial charge in [0.2, 0.25) is 0 Å². The average Bonchev–Trinajstić information content (AvgIpc) is 2.26. The zero-order chi connectivity index (χ0) is 12.0. The summed E-state index contributed by atoms with van der Waals surface area (Å²) in [5.74, 6) is 0.154. The molecule has 8 heteroatoms. The quantitative estimate of drug-likeness (QED) is 0.208. The van der Waals surface area contributed by atoms with E-state index in [1.807, 2.05) is 0 Å². The summed E-state index contributed by atoms with van der Waals surface area (Å²) in [6.07, 6.45) is 0.